The van der Waals surface area contributed by atoms with Crippen LogP contribution in [0, 0.1) is 0 Å². The summed E-state index contributed by atoms with van der Waals surface area (Å²) in [4.78, 5) is 14.2. The van der Waals surface area contributed by atoms with Crippen LogP contribution in [0.1, 0.15) is 10.5 Å². The smallest absolute Gasteiger partial charge is 0.354 e. The molecule has 3 N–H and O–H groups in total. The molecule has 0 amide bonds. The van der Waals surface area contributed by atoms with Gasteiger partial charge in [0.05, 0.1) is 17.5 Å². The standard InChI is InChI=1S/C12H9N3O2/c16-12(17)11-8(6-13-15-11)10-5-7-3-1-2-4-9(7)14-10/h1-6,14H,(H,13,15)(H,16,17). The summed E-state index contributed by atoms with van der Waals surface area (Å²) in [6.07, 6.45) is 1.51. The predicted molar refractivity (Wildman–Crippen MR) is 62.8 cm³/mol. The molecule has 0 spiro atoms. The van der Waals surface area contributed by atoms with E-state index in [-0.39, 0.29) is 5.69 Å². The van der Waals surface area contributed by atoms with Crippen molar-refractivity contribution in [2.24, 2.45) is 0 Å². The van der Waals surface area contributed by atoms with Gasteiger partial charge in [-0.25, -0.2) is 4.79 Å². The lowest BCUT2D eigenvalue weighted by Gasteiger charge is -1.94. The van der Waals surface area contributed by atoms with E-state index in [9.17, 15) is 4.79 Å². The fourth-order valence-corrected chi connectivity index (χ4v) is 1.87. The number of H-pyrrole nitrogens is 2. The predicted octanol–water partition coefficient (Wildman–Crippen LogP) is 2.26. The number of hydrogen-bond donors (Lipinski definition) is 3. The van der Waals surface area contributed by atoms with Crippen molar-refractivity contribution >= 4 is 16.9 Å². The summed E-state index contributed by atoms with van der Waals surface area (Å²) in [7, 11) is 0. The Labute approximate surface area is 96.1 Å². The van der Waals surface area contributed by atoms with E-state index in [0.717, 1.165) is 16.6 Å². The van der Waals surface area contributed by atoms with Gasteiger partial charge in [0, 0.05) is 10.9 Å². The van der Waals surface area contributed by atoms with Crippen molar-refractivity contribution in [2.45, 2.75) is 0 Å². The van der Waals surface area contributed by atoms with E-state index in [2.05, 4.69) is 15.2 Å². The molecule has 0 unspecified atom stereocenters. The second-order valence-corrected chi connectivity index (χ2v) is 3.73. The molecule has 5 heteroatoms. The van der Waals surface area contributed by atoms with E-state index < -0.39 is 5.97 Å². The van der Waals surface area contributed by atoms with Gasteiger partial charge in [0.1, 0.15) is 0 Å². The van der Waals surface area contributed by atoms with Crippen LogP contribution in [0.2, 0.25) is 0 Å². The molecule has 0 atom stereocenters. The molecule has 5 nitrogen and oxygen atoms in total. The molecule has 0 fully saturated rings. The second kappa shape index (κ2) is 3.48. The lowest BCUT2D eigenvalue weighted by Crippen LogP contribution is -1.98. The lowest BCUT2D eigenvalue weighted by atomic mass is 10.2. The summed E-state index contributed by atoms with van der Waals surface area (Å²) in [6.45, 7) is 0. The lowest BCUT2D eigenvalue weighted by molar-refractivity contribution is 0.0691. The molecule has 2 aromatic heterocycles. The van der Waals surface area contributed by atoms with Gasteiger partial charge < -0.3 is 10.1 Å². The molecule has 1 aromatic carbocycles. The molecule has 2 heterocycles. The maximum Gasteiger partial charge on any atom is 0.354 e. The van der Waals surface area contributed by atoms with Gasteiger partial charge in [0.2, 0.25) is 0 Å². The van der Waals surface area contributed by atoms with Crippen LogP contribution in [0.15, 0.2) is 36.5 Å². The van der Waals surface area contributed by atoms with Gasteiger partial charge in [-0.2, -0.15) is 5.10 Å². The number of nitrogens with one attached hydrogen (secondary N) is 2. The number of para-hydroxylation sites is 1. The summed E-state index contributed by atoms with van der Waals surface area (Å²) < 4.78 is 0. The maximum atomic E-state index is 11.0. The van der Waals surface area contributed by atoms with Gasteiger partial charge in [-0.15, -0.1) is 0 Å². The first-order valence-corrected chi connectivity index (χ1v) is 5.10. The molecular formula is C12H9N3O2. The Morgan fingerprint density at radius 2 is 2.12 bits per heavy atom. The van der Waals surface area contributed by atoms with E-state index >= 15 is 0 Å². The molecule has 3 rings (SSSR count). The van der Waals surface area contributed by atoms with Crippen molar-refractivity contribution in [3.8, 4) is 11.3 Å². The number of carboxylic acid groups (broad SMARTS) is 1. The van der Waals surface area contributed by atoms with Crippen LogP contribution >= 0.6 is 0 Å². The Morgan fingerprint density at radius 1 is 1.29 bits per heavy atom. The first-order chi connectivity index (χ1) is 8.25. The van der Waals surface area contributed by atoms with Crippen LogP contribution in [0.25, 0.3) is 22.2 Å². The topological polar surface area (TPSA) is 81.8 Å². The van der Waals surface area contributed by atoms with Gasteiger partial charge in [-0.05, 0) is 12.1 Å². The zero-order valence-corrected chi connectivity index (χ0v) is 8.77. The Kier molecular flexibility index (Phi) is 1.98. The summed E-state index contributed by atoms with van der Waals surface area (Å²) in [5.74, 6) is -1.02. The first-order valence-electron chi connectivity index (χ1n) is 5.10. The van der Waals surface area contributed by atoms with Crippen molar-refractivity contribution in [1.29, 1.82) is 0 Å². The average molecular weight is 227 g/mol. The van der Waals surface area contributed by atoms with Crippen molar-refractivity contribution in [1.82, 2.24) is 15.2 Å². The normalized spacial score (nSPS) is 10.8. The highest BCUT2D eigenvalue weighted by Crippen LogP contribution is 2.25. The van der Waals surface area contributed by atoms with Crippen LogP contribution in [0.4, 0.5) is 0 Å². The number of rotatable bonds is 2. The monoisotopic (exact) mass is 227 g/mol. The van der Waals surface area contributed by atoms with Crippen LogP contribution in [-0.4, -0.2) is 26.3 Å². The van der Waals surface area contributed by atoms with Gasteiger partial charge in [-0.3, -0.25) is 5.10 Å². The number of aromatic carboxylic acids is 1. The number of nitrogens with zero attached hydrogens (tertiary/aromatic N) is 1. The molecule has 3 aromatic rings. The highest BCUT2D eigenvalue weighted by Gasteiger charge is 2.15. The number of fused-ring (bicyclic) bond motifs is 1. The van der Waals surface area contributed by atoms with E-state index in [1.165, 1.54) is 6.20 Å². The number of aromatic amines is 2. The SMILES string of the molecule is O=C(O)c1[nH]ncc1-c1cc2ccccc2[nH]1. The number of carboxylic acids is 1. The molecule has 0 saturated heterocycles. The Hall–Kier alpha value is -2.56. The fourth-order valence-electron chi connectivity index (χ4n) is 1.87. The van der Waals surface area contributed by atoms with Crippen molar-refractivity contribution in [2.75, 3.05) is 0 Å². The van der Waals surface area contributed by atoms with Crippen LogP contribution in [-0.2, 0) is 0 Å². The van der Waals surface area contributed by atoms with Gasteiger partial charge >= 0.3 is 5.97 Å². The molecular weight excluding hydrogens is 218 g/mol. The van der Waals surface area contributed by atoms with Crippen molar-refractivity contribution < 1.29 is 9.90 Å². The van der Waals surface area contributed by atoms with Crippen LogP contribution in [0.5, 0.6) is 0 Å². The molecule has 0 bridgehead atoms. The van der Waals surface area contributed by atoms with Gasteiger partial charge in [0.25, 0.3) is 0 Å². The van der Waals surface area contributed by atoms with E-state index in [4.69, 9.17) is 5.11 Å². The maximum absolute atomic E-state index is 11.0. The van der Waals surface area contributed by atoms with Crippen LogP contribution < -0.4 is 0 Å². The highest BCUT2D eigenvalue weighted by molar-refractivity contribution is 5.95. The number of aromatic nitrogens is 3. The number of benzene rings is 1. The zero-order chi connectivity index (χ0) is 11.8. The van der Waals surface area contributed by atoms with Gasteiger partial charge in [0.15, 0.2) is 5.69 Å². The summed E-state index contributed by atoms with van der Waals surface area (Å²) in [6, 6.07) is 9.69. The number of carbonyl (C=O) groups is 1. The van der Waals surface area contributed by atoms with E-state index in [0.29, 0.717) is 5.56 Å². The molecule has 0 saturated carbocycles. The van der Waals surface area contributed by atoms with E-state index in [1.54, 1.807) is 0 Å². The molecule has 0 radical (unpaired) electrons. The Balaban J connectivity index is 2.20. The molecule has 84 valence electrons. The quantitative estimate of drug-likeness (QED) is 0.628. The summed E-state index contributed by atoms with van der Waals surface area (Å²) >= 11 is 0. The summed E-state index contributed by atoms with van der Waals surface area (Å²) in [5.41, 5.74) is 2.38. The minimum atomic E-state index is -1.02. The zero-order valence-electron chi connectivity index (χ0n) is 8.77. The van der Waals surface area contributed by atoms with Crippen LogP contribution in [0.3, 0.4) is 0 Å². The largest absolute Gasteiger partial charge is 0.477 e. The second-order valence-electron chi connectivity index (χ2n) is 3.73. The Bertz CT molecular complexity index is 663. The molecule has 17 heavy (non-hydrogen) atoms. The third kappa shape index (κ3) is 1.48. The minimum absolute atomic E-state index is 0.0940. The van der Waals surface area contributed by atoms with E-state index in [1.807, 2.05) is 30.3 Å². The highest BCUT2D eigenvalue weighted by atomic mass is 16.4. The molecule has 0 aliphatic heterocycles. The molecule has 0 aliphatic rings. The van der Waals surface area contributed by atoms with Gasteiger partial charge in [-0.1, -0.05) is 18.2 Å². The Morgan fingerprint density at radius 3 is 2.88 bits per heavy atom. The summed E-state index contributed by atoms with van der Waals surface area (Å²) in [5, 5.41) is 16.3. The average Bonchev–Trinajstić information content (AvgIpc) is 2.95. The third-order valence-electron chi connectivity index (χ3n) is 2.67. The molecule has 0 aliphatic carbocycles. The number of hydrogen-bond acceptors (Lipinski definition) is 2. The first kappa shape index (κ1) is 9.65. The fraction of sp³-hybridized carbons (Fsp3) is 0. The minimum Gasteiger partial charge on any atom is -0.477 e. The third-order valence-corrected chi connectivity index (χ3v) is 2.67. The van der Waals surface area contributed by atoms with Crippen molar-refractivity contribution in [3.63, 3.8) is 0 Å². The van der Waals surface area contributed by atoms with Crippen molar-refractivity contribution in [3.05, 3.63) is 42.2 Å².